The molecule has 0 aliphatic heterocycles. The van der Waals surface area contributed by atoms with Crippen molar-refractivity contribution in [2.45, 2.75) is 13.5 Å². The Bertz CT molecular complexity index is 299. The van der Waals surface area contributed by atoms with Gasteiger partial charge in [-0.25, -0.2) is 9.78 Å². The highest BCUT2D eigenvalue weighted by atomic mass is 32.1. The van der Waals surface area contributed by atoms with Crippen LogP contribution >= 0.6 is 11.3 Å². The average molecular weight is 214 g/mol. The van der Waals surface area contributed by atoms with Gasteiger partial charge < -0.3 is 16.4 Å². The predicted octanol–water partition coefficient (Wildman–Crippen LogP) is 0.209. The van der Waals surface area contributed by atoms with Crippen molar-refractivity contribution in [2.75, 3.05) is 13.1 Å². The Kier molecular flexibility index (Phi) is 4.34. The standard InChI is InChI=1S/C8H14N4OS/c1-6-12-5-7(14-6)4-10-2-3-11-8(9)13/h5,10H,2-4H2,1H3,(H3,9,11,13). The fraction of sp³-hybridized carbons (Fsp3) is 0.500. The fourth-order valence-electron chi connectivity index (χ4n) is 0.973. The van der Waals surface area contributed by atoms with Gasteiger partial charge in [0.15, 0.2) is 0 Å². The molecular weight excluding hydrogens is 200 g/mol. The first-order chi connectivity index (χ1) is 6.68. The molecule has 0 aromatic carbocycles. The second-order valence-electron chi connectivity index (χ2n) is 2.81. The van der Waals surface area contributed by atoms with Gasteiger partial charge in [-0.2, -0.15) is 0 Å². The van der Waals surface area contributed by atoms with Crippen molar-refractivity contribution in [3.63, 3.8) is 0 Å². The van der Waals surface area contributed by atoms with Crippen LogP contribution in [0.15, 0.2) is 6.20 Å². The first-order valence-electron chi connectivity index (χ1n) is 4.34. The summed E-state index contributed by atoms with van der Waals surface area (Å²) in [5, 5.41) is 6.74. The maximum absolute atomic E-state index is 10.3. The second-order valence-corrected chi connectivity index (χ2v) is 4.13. The van der Waals surface area contributed by atoms with Gasteiger partial charge in [0.05, 0.1) is 5.01 Å². The van der Waals surface area contributed by atoms with Gasteiger partial charge in [0.25, 0.3) is 0 Å². The quantitative estimate of drug-likeness (QED) is 0.613. The predicted molar refractivity (Wildman–Crippen MR) is 56.1 cm³/mol. The summed E-state index contributed by atoms with van der Waals surface area (Å²) in [4.78, 5) is 15.6. The van der Waals surface area contributed by atoms with Crippen molar-refractivity contribution < 1.29 is 4.79 Å². The molecule has 0 saturated carbocycles. The van der Waals surface area contributed by atoms with Crippen LogP contribution in [0.5, 0.6) is 0 Å². The number of nitrogens with zero attached hydrogens (tertiary/aromatic N) is 1. The number of carbonyl (C=O) groups excluding carboxylic acids is 1. The Hall–Kier alpha value is -1.14. The van der Waals surface area contributed by atoms with E-state index < -0.39 is 6.03 Å². The summed E-state index contributed by atoms with van der Waals surface area (Å²) in [5.74, 6) is 0. The van der Waals surface area contributed by atoms with E-state index in [1.807, 2.05) is 13.1 Å². The number of rotatable bonds is 5. The van der Waals surface area contributed by atoms with Gasteiger partial charge >= 0.3 is 6.03 Å². The summed E-state index contributed by atoms with van der Waals surface area (Å²) < 4.78 is 0. The summed E-state index contributed by atoms with van der Waals surface area (Å²) >= 11 is 1.67. The molecule has 78 valence electrons. The molecule has 1 rings (SSSR count). The molecule has 1 aromatic rings. The van der Waals surface area contributed by atoms with Crippen LogP contribution in [0, 0.1) is 6.92 Å². The molecule has 14 heavy (non-hydrogen) atoms. The van der Waals surface area contributed by atoms with Crippen molar-refractivity contribution in [3.8, 4) is 0 Å². The molecule has 1 aromatic heterocycles. The van der Waals surface area contributed by atoms with E-state index in [0.29, 0.717) is 13.1 Å². The first-order valence-corrected chi connectivity index (χ1v) is 5.15. The van der Waals surface area contributed by atoms with Gasteiger partial charge in [0.2, 0.25) is 0 Å². The highest BCUT2D eigenvalue weighted by molar-refractivity contribution is 7.11. The summed E-state index contributed by atoms with van der Waals surface area (Å²) in [6.45, 7) is 4.02. The highest BCUT2D eigenvalue weighted by Gasteiger charge is 1.97. The first kappa shape index (κ1) is 10.9. The lowest BCUT2D eigenvalue weighted by Crippen LogP contribution is -2.35. The van der Waals surface area contributed by atoms with Crippen molar-refractivity contribution in [2.24, 2.45) is 5.73 Å². The average Bonchev–Trinajstić information content (AvgIpc) is 2.50. The third-order valence-corrected chi connectivity index (χ3v) is 2.48. The number of hydrogen-bond acceptors (Lipinski definition) is 4. The molecule has 0 unspecified atom stereocenters. The van der Waals surface area contributed by atoms with Gasteiger partial charge in [-0.3, -0.25) is 0 Å². The largest absolute Gasteiger partial charge is 0.352 e. The van der Waals surface area contributed by atoms with Crippen molar-refractivity contribution >= 4 is 17.4 Å². The number of amides is 2. The topological polar surface area (TPSA) is 80.0 Å². The van der Waals surface area contributed by atoms with E-state index in [4.69, 9.17) is 5.73 Å². The van der Waals surface area contributed by atoms with E-state index in [1.165, 1.54) is 4.88 Å². The van der Waals surface area contributed by atoms with Gasteiger partial charge in [0.1, 0.15) is 0 Å². The monoisotopic (exact) mass is 214 g/mol. The van der Waals surface area contributed by atoms with Gasteiger partial charge in [-0.05, 0) is 6.92 Å². The molecule has 2 amide bonds. The van der Waals surface area contributed by atoms with Crippen LogP contribution in [0.1, 0.15) is 9.88 Å². The molecule has 0 aliphatic carbocycles. The third kappa shape index (κ3) is 4.20. The lowest BCUT2D eigenvalue weighted by atomic mass is 10.5. The van der Waals surface area contributed by atoms with Gasteiger partial charge in [0, 0.05) is 30.7 Å². The molecule has 6 heteroatoms. The number of primary amides is 1. The van der Waals surface area contributed by atoms with Crippen molar-refractivity contribution in [3.05, 3.63) is 16.1 Å². The Morgan fingerprint density at radius 1 is 1.64 bits per heavy atom. The molecule has 0 aliphatic rings. The van der Waals surface area contributed by atoms with Crippen LogP contribution in [0.4, 0.5) is 4.79 Å². The fourth-order valence-corrected chi connectivity index (χ4v) is 1.74. The van der Waals surface area contributed by atoms with E-state index in [9.17, 15) is 4.79 Å². The van der Waals surface area contributed by atoms with E-state index in [-0.39, 0.29) is 0 Å². The van der Waals surface area contributed by atoms with Crippen LogP contribution in [0.2, 0.25) is 0 Å². The van der Waals surface area contributed by atoms with Gasteiger partial charge in [-0.15, -0.1) is 11.3 Å². The maximum atomic E-state index is 10.3. The van der Waals surface area contributed by atoms with Crippen LogP contribution in [-0.2, 0) is 6.54 Å². The molecule has 0 spiro atoms. The zero-order valence-corrected chi connectivity index (χ0v) is 8.86. The van der Waals surface area contributed by atoms with E-state index in [0.717, 1.165) is 11.6 Å². The van der Waals surface area contributed by atoms with Crippen molar-refractivity contribution in [1.29, 1.82) is 0 Å². The Labute approximate surface area is 86.7 Å². The molecule has 0 saturated heterocycles. The van der Waals surface area contributed by atoms with Crippen molar-refractivity contribution in [1.82, 2.24) is 15.6 Å². The molecule has 5 nitrogen and oxygen atoms in total. The van der Waals surface area contributed by atoms with Crippen LogP contribution in [0.3, 0.4) is 0 Å². The highest BCUT2D eigenvalue weighted by Crippen LogP contribution is 2.10. The normalized spacial score (nSPS) is 10.1. The molecule has 0 fully saturated rings. The summed E-state index contributed by atoms with van der Waals surface area (Å²) in [5.41, 5.74) is 4.90. The molecule has 0 bridgehead atoms. The van der Waals surface area contributed by atoms with E-state index in [1.54, 1.807) is 11.3 Å². The SMILES string of the molecule is Cc1ncc(CNCCNC(N)=O)s1. The Balaban J connectivity index is 2.07. The van der Waals surface area contributed by atoms with E-state index >= 15 is 0 Å². The molecule has 1 heterocycles. The number of nitrogens with one attached hydrogen (secondary N) is 2. The summed E-state index contributed by atoms with van der Waals surface area (Å²) in [6.07, 6.45) is 1.86. The number of carbonyl (C=O) groups is 1. The molecule has 4 N–H and O–H groups in total. The lowest BCUT2D eigenvalue weighted by molar-refractivity contribution is 0.249. The Morgan fingerprint density at radius 3 is 3.00 bits per heavy atom. The van der Waals surface area contributed by atoms with E-state index in [2.05, 4.69) is 15.6 Å². The Morgan fingerprint density at radius 2 is 2.43 bits per heavy atom. The van der Waals surface area contributed by atoms with Crippen LogP contribution in [-0.4, -0.2) is 24.1 Å². The maximum Gasteiger partial charge on any atom is 0.312 e. The number of nitrogens with two attached hydrogens (primary N) is 1. The smallest absolute Gasteiger partial charge is 0.312 e. The summed E-state index contributed by atoms with van der Waals surface area (Å²) in [7, 11) is 0. The minimum atomic E-state index is -0.486. The molecule has 0 radical (unpaired) electrons. The van der Waals surface area contributed by atoms with Crippen LogP contribution < -0.4 is 16.4 Å². The molecular formula is C8H14N4OS. The zero-order chi connectivity index (χ0) is 10.4. The number of hydrogen-bond donors (Lipinski definition) is 3. The minimum Gasteiger partial charge on any atom is -0.352 e. The summed E-state index contributed by atoms with van der Waals surface area (Å²) in [6, 6.07) is -0.486. The molecule has 0 atom stereocenters. The minimum absolute atomic E-state index is 0.486. The second kappa shape index (κ2) is 5.56. The lowest BCUT2D eigenvalue weighted by Gasteiger charge is -2.02. The number of urea groups is 1. The zero-order valence-electron chi connectivity index (χ0n) is 8.04. The number of thiazole rings is 1. The number of aromatic nitrogens is 1. The number of aryl methyl sites for hydroxylation is 1. The van der Waals surface area contributed by atoms with Gasteiger partial charge in [-0.1, -0.05) is 0 Å². The third-order valence-electron chi connectivity index (χ3n) is 1.57. The van der Waals surface area contributed by atoms with Crippen LogP contribution in [0.25, 0.3) is 0 Å².